The van der Waals surface area contributed by atoms with Gasteiger partial charge in [0.15, 0.2) is 11.6 Å². The van der Waals surface area contributed by atoms with E-state index in [-0.39, 0.29) is 18.2 Å². The summed E-state index contributed by atoms with van der Waals surface area (Å²) in [7, 11) is 0. The minimum Gasteiger partial charge on any atom is -0.340 e. The highest BCUT2D eigenvalue weighted by Gasteiger charge is 2.21. The summed E-state index contributed by atoms with van der Waals surface area (Å²) in [4.78, 5) is 28.9. The molecule has 0 N–H and O–H groups in total. The summed E-state index contributed by atoms with van der Waals surface area (Å²) in [6, 6.07) is 2.04. The first-order valence-electron chi connectivity index (χ1n) is 6.64. The molecule has 2 heterocycles. The number of carbonyl (C=O) groups is 2. The number of nitrogens with zero attached hydrogens (tertiary/aromatic N) is 3. The molecule has 0 atom stereocenters. The predicted octanol–water partition coefficient (Wildman–Crippen LogP) is 1.51. The van der Waals surface area contributed by atoms with Crippen molar-refractivity contribution in [1.82, 2.24) is 14.5 Å². The summed E-state index contributed by atoms with van der Waals surface area (Å²) in [6.45, 7) is 0.816. The molecule has 5 nitrogen and oxygen atoms in total. The average molecular weight is 293 g/mol. The fraction of sp³-hybridized carbons (Fsp3) is 0.357. The lowest BCUT2D eigenvalue weighted by atomic mass is 10.1. The summed E-state index contributed by atoms with van der Waals surface area (Å²) >= 11 is 0. The number of halogens is 2. The third kappa shape index (κ3) is 2.63. The molecule has 7 heteroatoms. The Morgan fingerprint density at radius 2 is 1.86 bits per heavy atom. The third-order valence-electron chi connectivity index (χ3n) is 3.64. The van der Waals surface area contributed by atoms with E-state index < -0.39 is 11.6 Å². The number of ketones is 1. The highest BCUT2D eigenvalue weighted by molar-refractivity contribution is 5.84. The van der Waals surface area contributed by atoms with Gasteiger partial charge < -0.3 is 9.47 Å². The summed E-state index contributed by atoms with van der Waals surface area (Å²) in [5.74, 6) is -1.94. The first-order valence-corrected chi connectivity index (χ1v) is 6.64. The van der Waals surface area contributed by atoms with E-state index in [1.165, 1.54) is 10.9 Å². The molecule has 1 fully saturated rings. The SMILES string of the molecule is O=C1CCN(C(=O)Cn2cnc3cc(F)c(F)cc32)CC1. The number of Topliss-reactive ketones (excluding diaryl/α,β-unsaturated/α-hetero) is 1. The molecular weight excluding hydrogens is 280 g/mol. The van der Waals surface area contributed by atoms with Crippen molar-refractivity contribution in [2.24, 2.45) is 0 Å². The molecule has 0 spiro atoms. The average Bonchev–Trinajstić information content (AvgIpc) is 2.82. The molecule has 0 saturated carbocycles. The molecule has 1 aromatic carbocycles. The van der Waals surface area contributed by atoms with Crippen LogP contribution in [0, 0.1) is 11.6 Å². The van der Waals surface area contributed by atoms with Gasteiger partial charge in [0.2, 0.25) is 5.91 Å². The highest BCUT2D eigenvalue weighted by Crippen LogP contribution is 2.18. The van der Waals surface area contributed by atoms with Crippen LogP contribution in [-0.4, -0.2) is 39.2 Å². The number of hydrogen-bond donors (Lipinski definition) is 0. The standard InChI is InChI=1S/C14H13F2N3O2/c15-10-5-12-13(6-11(10)16)19(8-17-12)7-14(21)18-3-1-9(20)2-4-18/h5-6,8H,1-4,7H2. The van der Waals surface area contributed by atoms with E-state index in [9.17, 15) is 18.4 Å². The minimum atomic E-state index is -0.972. The summed E-state index contributed by atoms with van der Waals surface area (Å²) in [6.07, 6.45) is 2.13. The van der Waals surface area contributed by atoms with Crippen molar-refractivity contribution in [3.63, 3.8) is 0 Å². The molecular formula is C14H13F2N3O2. The lowest BCUT2D eigenvalue weighted by Crippen LogP contribution is -2.40. The Bertz CT molecular complexity index is 716. The number of aromatic nitrogens is 2. The Morgan fingerprint density at radius 1 is 1.19 bits per heavy atom. The maximum Gasteiger partial charge on any atom is 0.242 e. The van der Waals surface area contributed by atoms with E-state index in [0.29, 0.717) is 37.0 Å². The number of imidazole rings is 1. The smallest absolute Gasteiger partial charge is 0.242 e. The van der Waals surface area contributed by atoms with Gasteiger partial charge in [-0.25, -0.2) is 13.8 Å². The zero-order valence-electron chi connectivity index (χ0n) is 11.2. The molecule has 0 radical (unpaired) electrons. The Balaban J connectivity index is 1.80. The van der Waals surface area contributed by atoms with Crippen LogP contribution in [0.3, 0.4) is 0 Å². The number of hydrogen-bond acceptors (Lipinski definition) is 3. The number of benzene rings is 1. The fourth-order valence-electron chi connectivity index (χ4n) is 2.43. The van der Waals surface area contributed by atoms with Crippen LogP contribution in [0.2, 0.25) is 0 Å². The van der Waals surface area contributed by atoms with Gasteiger partial charge in [0.25, 0.3) is 0 Å². The lowest BCUT2D eigenvalue weighted by Gasteiger charge is -2.26. The van der Waals surface area contributed by atoms with E-state index in [0.717, 1.165) is 12.1 Å². The molecule has 1 aliphatic rings. The summed E-state index contributed by atoms with van der Waals surface area (Å²) in [5.41, 5.74) is 0.672. The minimum absolute atomic E-state index is 0.00420. The van der Waals surface area contributed by atoms with E-state index in [2.05, 4.69) is 4.98 Å². The summed E-state index contributed by atoms with van der Waals surface area (Å²) in [5, 5.41) is 0. The molecule has 0 unspecified atom stereocenters. The van der Waals surface area contributed by atoms with Crippen LogP contribution in [0.15, 0.2) is 18.5 Å². The molecule has 3 rings (SSSR count). The van der Waals surface area contributed by atoms with Crippen molar-refractivity contribution < 1.29 is 18.4 Å². The predicted molar refractivity (Wildman–Crippen MR) is 70.5 cm³/mol. The van der Waals surface area contributed by atoms with Gasteiger partial charge in [0.05, 0.1) is 17.4 Å². The van der Waals surface area contributed by atoms with Gasteiger partial charge in [0, 0.05) is 38.1 Å². The van der Waals surface area contributed by atoms with Crippen LogP contribution in [0.25, 0.3) is 11.0 Å². The van der Waals surface area contributed by atoms with Gasteiger partial charge in [-0.1, -0.05) is 0 Å². The number of piperidine rings is 1. The Morgan fingerprint density at radius 3 is 2.57 bits per heavy atom. The van der Waals surface area contributed by atoms with Gasteiger partial charge >= 0.3 is 0 Å². The number of carbonyl (C=O) groups excluding carboxylic acids is 2. The second kappa shape index (κ2) is 5.23. The molecule has 2 aromatic rings. The number of fused-ring (bicyclic) bond motifs is 1. The van der Waals surface area contributed by atoms with Crippen LogP contribution in [-0.2, 0) is 16.1 Å². The number of likely N-dealkylation sites (tertiary alicyclic amines) is 1. The van der Waals surface area contributed by atoms with E-state index >= 15 is 0 Å². The lowest BCUT2D eigenvalue weighted by molar-refractivity contribution is -0.135. The molecule has 0 bridgehead atoms. The Labute approximate surface area is 119 Å². The van der Waals surface area contributed by atoms with Crippen molar-refractivity contribution in [3.05, 3.63) is 30.1 Å². The molecule has 0 aliphatic carbocycles. The molecule has 1 amide bonds. The molecule has 110 valence electrons. The van der Waals surface area contributed by atoms with Crippen molar-refractivity contribution in [2.45, 2.75) is 19.4 Å². The van der Waals surface area contributed by atoms with E-state index in [1.54, 1.807) is 4.90 Å². The maximum absolute atomic E-state index is 13.3. The third-order valence-corrected chi connectivity index (χ3v) is 3.64. The molecule has 21 heavy (non-hydrogen) atoms. The van der Waals surface area contributed by atoms with Crippen molar-refractivity contribution in [1.29, 1.82) is 0 Å². The van der Waals surface area contributed by atoms with Gasteiger partial charge in [-0.3, -0.25) is 9.59 Å². The fourth-order valence-corrected chi connectivity index (χ4v) is 2.43. The second-order valence-corrected chi connectivity index (χ2v) is 5.05. The summed E-state index contributed by atoms with van der Waals surface area (Å²) < 4.78 is 27.9. The van der Waals surface area contributed by atoms with E-state index in [4.69, 9.17) is 0 Å². The Hall–Kier alpha value is -2.31. The normalized spacial score (nSPS) is 15.7. The first kappa shape index (κ1) is 13.7. The van der Waals surface area contributed by atoms with Gasteiger partial charge in [-0.2, -0.15) is 0 Å². The van der Waals surface area contributed by atoms with Crippen molar-refractivity contribution >= 4 is 22.7 Å². The van der Waals surface area contributed by atoms with Gasteiger partial charge in [-0.15, -0.1) is 0 Å². The van der Waals surface area contributed by atoms with Crippen molar-refractivity contribution in [3.8, 4) is 0 Å². The number of amides is 1. The molecule has 1 saturated heterocycles. The van der Waals surface area contributed by atoms with Crippen molar-refractivity contribution in [2.75, 3.05) is 13.1 Å². The van der Waals surface area contributed by atoms with Gasteiger partial charge in [-0.05, 0) is 0 Å². The molecule has 1 aromatic heterocycles. The zero-order valence-corrected chi connectivity index (χ0v) is 11.2. The quantitative estimate of drug-likeness (QED) is 0.843. The van der Waals surface area contributed by atoms with E-state index in [1.807, 2.05) is 0 Å². The van der Waals surface area contributed by atoms with Crippen LogP contribution in [0.1, 0.15) is 12.8 Å². The molecule has 1 aliphatic heterocycles. The second-order valence-electron chi connectivity index (χ2n) is 5.05. The monoisotopic (exact) mass is 293 g/mol. The highest BCUT2D eigenvalue weighted by atomic mass is 19.2. The van der Waals surface area contributed by atoms with Gasteiger partial charge in [0.1, 0.15) is 12.3 Å². The zero-order chi connectivity index (χ0) is 15.0. The number of rotatable bonds is 2. The Kier molecular flexibility index (Phi) is 3.40. The van der Waals surface area contributed by atoms with Crippen LogP contribution >= 0.6 is 0 Å². The first-order chi connectivity index (χ1) is 10.0. The topological polar surface area (TPSA) is 55.2 Å². The van der Waals surface area contributed by atoms with Crippen LogP contribution < -0.4 is 0 Å². The largest absolute Gasteiger partial charge is 0.340 e. The van der Waals surface area contributed by atoms with Crippen LogP contribution in [0.4, 0.5) is 8.78 Å². The van der Waals surface area contributed by atoms with Crippen LogP contribution in [0.5, 0.6) is 0 Å². The maximum atomic E-state index is 13.3.